The molecule has 4 aromatic rings. The van der Waals surface area contributed by atoms with Gasteiger partial charge in [-0.1, -0.05) is 44.2 Å². The minimum atomic E-state index is -3.54. The van der Waals surface area contributed by atoms with Crippen molar-refractivity contribution in [3.8, 4) is 17.1 Å². The number of hydrogen-bond acceptors (Lipinski definition) is 5. The van der Waals surface area contributed by atoms with E-state index in [1.54, 1.807) is 25.1 Å². The standard InChI is InChI=1S/C26H27FN4O3S/c1-18(2)21-7-9-22(10-8-21)26-28-25(31(29-26)23-11-6-19(3)24(27)15-23)12-14-35(33,34)17-20-5-4-13-30(32)16-20/h4-11,13,15-16,18H,12,14,17H2,1-3H3. The lowest BCUT2D eigenvalue weighted by atomic mass is 10.0. The number of aromatic nitrogens is 4. The zero-order valence-electron chi connectivity index (χ0n) is 19.8. The Morgan fingerprint density at radius 3 is 2.51 bits per heavy atom. The van der Waals surface area contributed by atoms with E-state index in [9.17, 15) is 18.0 Å². The monoisotopic (exact) mass is 494 g/mol. The fourth-order valence-corrected chi connectivity index (χ4v) is 5.04. The van der Waals surface area contributed by atoms with Crippen LogP contribution in [0.4, 0.5) is 4.39 Å². The third kappa shape index (κ3) is 5.92. The van der Waals surface area contributed by atoms with Crippen LogP contribution in [0.5, 0.6) is 0 Å². The van der Waals surface area contributed by atoms with E-state index in [1.165, 1.54) is 34.8 Å². The van der Waals surface area contributed by atoms with Gasteiger partial charge < -0.3 is 5.21 Å². The van der Waals surface area contributed by atoms with Gasteiger partial charge in [0.25, 0.3) is 0 Å². The van der Waals surface area contributed by atoms with Gasteiger partial charge in [-0.25, -0.2) is 22.5 Å². The van der Waals surface area contributed by atoms with E-state index in [0.29, 0.717) is 39.1 Å². The molecule has 2 aromatic heterocycles. The van der Waals surface area contributed by atoms with E-state index in [4.69, 9.17) is 0 Å². The number of sulfone groups is 1. The van der Waals surface area contributed by atoms with Crippen molar-refractivity contribution in [3.05, 3.63) is 101 Å². The van der Waals surface area contributed by atoms with Gasteiger partial charge in [0.15, 0.2) is 28.1 Å². The molecule has 2 aromatic carbocycles. The molecule has 0 bridgehead atoms. The van der Waals surface area contributed by atoms with Gasteiger partial charge in [0.05, 0.1) is 17.2 Å². The summed E-state index contributed by atoms with van der Waals surface area (Å²) in [6, 6.07) is 15.7. The molecule has 0 atom stereocenters. The minimum absolute atomic E-state index is 0.0825. The average Bonchev–Trinajstić information content (AvgIpc) is 3.24. The van der Waals surface area contributed by atoms with Crippen LogP contribution in [0.15, 0.2) is 67.0 Å². The van der Waals surface area contributed by atoms with E-state index in [-0.39, 0.29) is 23.7 Å². The van der Waals surface area contributed by atoms with Gasteiger partial charge in [0.2, 0.25) is 0 Å². The molecule has 182 valence electrons. The fraction of sp³-hybridized carbons (Fsp3) is 0.269. The Labute approximate surface area is 204 Å². The summed E-state index contributed by atoms with van der Waals surface area (Å²) in [5.41, 5.74) is 3.35. The topological polar surface area (TPSA) is 91.8 Å². The lowest BCUT2D eigenvalue weighted by Gasteiger charge is -2.08. The SMILES string of the molecule is Cc1ccc(-n2nc(-c3ccc(C(C)C)cc3)nc2CCS(=O)(=O)Cc2ccc[n+]([O-])c2)cc1F. The normalized spacial score (nSPS) is 11.8. The zero-order chi connectivity index (χ0) is 25.2. The molecule has 7 nitrogen and oxygen atoms in total. The van der Waals surface area contributed by atoms with E-state index in [0.717, 1.165) is 5.56 Å². The number of rotatable bonds is 8. The van der Waals surface area contributed by atoms with Gasteiger partial charge in [-0.05, 0) is 42.2 Å². The number of aryl methyl sites for hydroxylation is 2. The van der Waals surface area contributed by atoms with Crippen LogP contribution in [-0.2, 0) is 22.0 Å². The van der Waals surface area contributed by atoms with Crippen molar-refractivity contribution < 1.29 is 17.5 Å². The molecular formula is C26H27FN4O3S. The van der Waals surface area contributed by atoms with Crippen LogP contribution in [-0.4, -0.2) is 28.9 Å². The predicted molar refractivity (Wildman–Crippen MR) is 132 cm³/mol. The Morgan fingerprint density at radius 2 is 1.86 bits per heavy atom. The lowest BCUT2D eigenvalue weighted by Crippen LogP contribution is -2.25. The maximum absolute atomic E-state index is 14.3. The molecule has 0 saturated carbocycles. The maximum atomic E-state index is 14.3. The summed E-state index contributed by atoms with van der Waals surface area (Å²) in [6.45, 7) is 5.89. The van der Waals surface area contributed by atoms with E-state index in [1.807, 2.05) is 24.3 Å². The number of benzene rings is 2. The highest BCUT2D eigenvalue weighted by molar-refractivity contribution is 7.90. The van der Waals surface area contributed by atoms with Crippen molar-refractivity contribution in [2.45, 2.75) is 38.9 Å². The Bertz CT molecular complexity index is 1450. The number of nitrogens with zero attached hydrogens (tertiary/aromatic N) is 4. The maximum Gasteiger partial charge on any atom is 0.184 e. The first-order chi connectivity index (χ1) is 16.6. The highest BCUT2D eigenvalue weighted by atomic mass is 32.2. The van der Waals surface area contributed by atoms with Gasteiger partial charge in [0, 0.05) is 23.6 Å². The molecule has 0 N–H and O–H groups in total. The van der Waals surface area contributed by atoms with Gasteiger partial charge in [-0.3, -0.25) is 0 Å². The van der Waals surface area contributed by atoms with Crippen molar-refractivity contribution >= 4 is 9.84 Å². The predicted octanol–water partition coefficient (Wildman–Crippen LogP) is 4.30. The summed E-state index contributed by atoms with van der Waals surface area (Å²) in [7, 11) is -3.54. The van der Waals surface area contributed by atoms with Crippen molar-refractivity contribution in [3.63, 3.8) is 0 Å². The molecule has 9 heteroatoms. The molecule has 0 aliphatic rings. The van der Waals surface area contributed by atoms with Crippen LogP contribution in [0.1, 0.15) is 42.3 Å². The first-order valence-corrected chi connectivity index (χ1v) is 13.1. The second-order valence-corrected chi connectivity index (χ2v) is 11.1. The molecule has 0 amide bonds. The van der Waals surface area contributed by atoms with E-state index in [2.05, 4.69) is 23.9 Å². The molecule has 0 saturated heterocycles. The summed E-state index contributed by atoms with van der Waals surface area (Å²) in [5, 5.41) is 16.1. The summed E-state index contributed by atoms with van der Waals surface area (Å²) in [5.74, 6) is 0.392. The smallest absolute Gasteiger partial charge is 0.184 e. The third-order valence-corrected chi connectivity index (χ3v) is 7.37. The molecule has 0 spiro atoms. The lowest BCUT2D eigenvalue weighted by molar-refractivity contribution is -0.605. The number of pyridine rings is 1. The summed E-state index contributed by atoms with van der Waals surface area (Å²) >= 11 is 0. The van der Waals surface area contributed by atoms with Crippen LogP contribution in [0, 0.1) is 17.9 Å². The van der Waals surface area contributed by atoms with Crippen molar-refractivity contribution in [2.75, 3.05) is 5.75 Å². The van der Waals surface area contributed by atoms with Gasteiger partial charge >= 0.3 is 0 Å². The molecule has 0 fully saturated rings. The number of halogens is 1. The van der Waals surface area contributed by atoms with Crippen molar-refractivity contribution in [1.82, 2.24) is 14.8 Å². The largest absolute Gasteiger partial charge is 0.619 e. The molecule has 0 radical (unpaired) electrons. The average molecular weight is 495 g/mol. The van der Waals surface area contributed by atoms with Gasteiger partial charge in [-0.2, -0.15) is 4.73 Å². The van der Waals surface area contributed by atoms with Crippen molar-refractivity contribution in [1.29, 1.82) is 0 Å². The summed E-state index contributed by atoms with van der Waals surface area (Å²) in [6.07, 6.45) is 2.63. The highest BCUT2D eigenvalue weighted by Crippen LogP contribution is 2.23. The van der Waals surface area contributed by atoms with Crippen LogP contribution >= 0.6 is 0 Å². The van der Waals surface area contributed by atoms with Crippen LogP contribution in [0.2, 0.25) is 0 Å². The molecule has 4 rings (SSSR count). The Balaban J connectivity index is 1.65. The minimum Gasteiger partial charge on any atom is -0.619 e. The van der Waals surface area contributed by atoms with Gasteiger partial charge in [0.1, 0.15) is 11.6 Å². The van der Waals surface area contributed by atoms with Gasteiger partial charge in [-0.15, -0.1) is 5.10 Å². The summed E-state index contributed by atoms with van der Waals surface area (Å²) < 4.78 is 41.9. The third-order valence-electron chi connectivity index (χ3n) is 5.77. The van der Waals surface area contributed by atoms with Crippen LogP contribution in [0.25, 0.3) is 17.1 Å². The number of hydrogen-bond donors (Lipinski definition) is 0. The molecular weight excluding hydrogens is 467 g/mol. The Morgan fingerprint density at radius 1 is 1.11 bits per heavy atom. The quantitative estimate of drug-likeness (QED) is 0.269. The van der Waals surface area contributed by atoms with Crippen LogP contribution in [0.3, 0.4) is 0 Å². The molecule has 0 aliphatic carbocycles. The molecule has 35 heavy (non-hydrogen) atoms. The Kier molecular flexibility index (Phi) is 6.98. The van der Waals surface area contributed by atoms with Crippen LogP contribution < -0.4 is 4.73 Å². The highest BCUT2D eigenvalue weighted by Gasteiger charge is 2.19. The molecule has 0 unspecified atom stereocenters. The Hall–Kier alpha value is -3.59. The summed E-state index contributed by atoms with van der Waals surface area (Å²) in [4.78, 5) is 4.62. The first-order valence-electron chi connectivity index (χ1n) is 11.3. The van der Waals surface area contributed by atoms with E-state index >= 15 is 0 Å². The zero-order valence-corrected chi connectivity index (χ0v) is 20.7. The first kappa shape index (κ1) is 24.5. The van der Waals surface area contributed by atoms with Crippen molar-refractivity contribution in [2.24, 2.45) is 0 Å². The molecule has 0 aliphatic heterocycles. The fourth-order valence-electron chi connectivity index (χ4n) is 3.73. The van der Waals surface area contributed by atoms with E-state index < -0.39 is 9.84 Å². The second kappa shape index (κ2) is 9.95. The molecule has 2 heterocycles. The second-order valence-electron chi connectivity index (χ2n) is 8.89.